The minimum absolute atomic E-state index is 0.107. The second-order valence-electron chi connectivity index (χ2n) is 4.87. The SMILES string of the molecule is CNC(=O)[C@@H]1CN(C(=O)c2ccc(F)cc2)CCN1C. The van der Waals surface area contributed by atoms with Crippen molar-refractivity contribution in [1.29, 1.82) is 0 Å². The van der Waals surface area contributed by atoms with Crippen LogP contribution in [0.25, 0.3) is 0 Å². The van der Waals surface area contributed by atoms with Crippen LogP contribution >= 0.6 is 0 Å². The summed E-state index contributed by atoms with van der Waals surface area (Å²) in [5.74, 6) is -0.653. The van der Waals surface area contributed by atoms with Crippen molar-refractivity contribution in [2.24, 2.45) is 0 Å². The molecule has 1 aliphatic heterocycles. The third-order valence-corrected chi connectivity index (χ3v) is 3.58. The Kier molecular flexibility index (Phi) is 4.34. The van der Waals surface area contributed by atoms with Crippen LogP contribution in [0, 0.1) is 5.82 Å². The number of hydrogen-bond donors (Lipinski definition) is 1. The topological polar surface area (TPSA) is 52.7 Å². The molecule has 1 fully saturated rings. The van der Waals surface area contributed by atoms with Crippen LogP contribution in [0.2, 0.25) is 0 Å². The summed E-state index contributed by atoms with van der Waals surface area (Å²) in [6.07, 6.45) is 0. The van der Waals surface area contributed by atoms with Gasteiger partial charge >= 0.3 is 0 Å². The van der Waals surface area contributed by atoms with Gasteiger partial charge in [-0.05, 0) is 31.3 Å². The third-order valence-electron chi connectivity index (χ3n) is 3.58. The van der Waals surface area contributed by atoms with E-state index in [1.165, 1.54) is 24.3 Å². The maximum absolute atomic E-state index is 12.9. The van der Waals surface area contributed by atoms with E-state index in [1.54, 1.807) is 11.9 Å². The monoisotopic (exact) mass is 279 g/mol. The number of halogens is 1. The van der Waals surface area contributed by atoms with Gasteiger partial charge in [0.1, 0.15) is 11.9 Å². The normalized spacial score (nSPS) is 19.8. The molecule has 5 nitrogen and oxygen atoms in total. The summed E-state index contributed by atoms with van der Waals surface area (Å²) in [4.78, 5) is 27.7. The quantitative estimate of drug-likeness (QED) is 0.849. The highest BCUT2D eigenvalue weighted by atomic mass is 19.1. The fraction of sp³-hybridized carbons (Fsp3) is 0.429. The summed E-state index contributed by atoms with van der Waals surface area (Å²) < 4.78 is 12.9. The summed E-state index contributed by atoms with van der Waals surface area (Å²) in [5.41, 5.74) is 0.437. The number of carbonyl (C=O) groups excluding carboxylic acids is 2. The van der Waals surface area contributed by atoms with Crippen molar-refractivity contribution in [2.45, 2.75) is 6.04 Å². The van der Waals surface area contributed by atoms with Gasteiger partial charge in [0.05, 0.1) is 0 Å². The van der Waals surface area contributed by atoms with Crippen LogP contribution in [0.4, 0.5) is 4.39 Å². The lowest BCUT2D eigenvalue weighted by Crippen LogP contribution is -2.58. The van der Waals surface area contributed by atoms with Gasteiger partial charge in [-0.15, -0.1) is 0 Å². The molecule has 1 N–H and O–H groups in total. The van der Waals surface area contributed by atoms with Crippen molar-refractivity contribution in [3.8, 4) is 0 Å². The second kappa shape index (κ2) is 6.00. The molecule has 6 heteroatoms. The molecule has 0 radical (unpaired) electrons. The number of rotatable bonds is 2. The molecule has 0 unspecified atom stereocenters. The molecule has 0 bridgehead atoms. The molecule has 108 valence electrons. The average Bonchev–Trinajstić information content (AvgIpc) is 2.47. The lowest BCUT2D eigenvalue weighted by Gasteiger charge is -2.38. The Labute approximate surface area is 117 Å². The van der Waals surface area contributed by atoms with Crippen LogP contribution in [0.5, 0.6) is 0 Å². The van der Waals surface area contributed by atoms with Gasteiger partial charge in [-0.1, -0.05) is 0 Å². The van der Waals surface area contributed by atoms with Gasteiger partial charge in [-0.2, -0.15) is 0 Å². The molecule has 1 aliphatic rings. The molecule has 2 rings (SSSR count). The molecule has 1 aromatic rings. The standard InChI is InChI=1S/C14H18FN3O2/c1-16-13(19)12-9-18(8-7-17(12)2)14(20)10-3-5-11(15)6-4-10/h3-6,12H,7-9H2,1-2H3,(H,16,19)/t12-/m0/s1. The predicted molar refractivity (Wildman–Crippen MR) is 72.8 cm³/mol. The molecule has 0 spiro atoms. The number of amides is 2. The van der Waals surface area contributed by atoms with Gasteiger partial charge in [0.15, 0.2) is 0 Å². The molecule has 1 aromatic carbocycles. The van der Waals surface area contributed by atoms with Crippen molar-refractivity contribution in [1.82, 2.24) is 15.1 Å². The Bertz CT molecular complexity index is 504. The van der Waals surface area contributed by atoms with Gasteiger partial charge in [-0.3, -0.25) is 14.5 Å². The maximum atomic E-state index is 12.9. The van der Waals surface area contributed by atoms with Crippen LogP contribution in [-0.2, 0) is 4.79 Å². The van der Waals surface area contributed by atoms with Gasteiger partial charge in [0.2, 0.25) is 5.91 Å². The predicted octanol–water partition coefficient (Wildman–Crippen LogP) is 0.328. The van der Waals surface area contributed by atoms with E-state index in [-0.39, 0.29) is 23.7 Å². The number of hydrogen-bond acceptors (Lipinski definition) is 3. The number of carbonyl (C=O) groups is 2. The van der Waals surface area contributed by atoms with Crippen LogP contribution in [0.1, 0.15) is 10.4 Å². The maximum Gasteiger partial charge on any atom is 0.253 e. The van der Waals surface area contributed by atoms with E-state index < -0.39 is 0 Å². The molecule has 1 heterocycles. The minimum Gasteiger partial charge on any atom is -0.358 e. The fourth-order valence-corrected chi connectivity index (χ4v) is 2.28. The van der Waals surface area contributed by atoms with Gasteiger partial charge < -0.3 is 10.2 Å². The molecule has 1 atom stereocenters. The fourth-order valence-electron chi connectivity index (χ4n) is 2.28. The van der Waals surface area contributed by atoms with Crippen LogP contribution < -0.4 is 5.32 Å². The van der Waals surface area contributed by atoms with Crippen molar-refractivity contribution in [3.63, 3.8) is 0 Å². The Morgan fingerprint density at radius 1 is 1.25 bits per heavy atom. The Hall–Kier alpha value is -1.95. The van der Waals surface area contributed by atoms with Gasteiger partial charge in [-0.25, -0.2) is 4.39 Å². The van der Waals surface area contributed by atoms with E-state index >= 15 is 0 Å². The Morgan fingerprint density at radius 2 is 1.90 bits per heavy atom. The van der Waals surface area contributed by atoms with E-state index in [4.69, 9.17) is 0 Å². The number of nitrogens with zero attached hydrogens (tertiary/aromatic N) is 2. The largest absolute Gasteiger partial charge is 0.358 e. The lowest BCUT2D eigenvalue weighted by atomic mass is 10.1. The van der Waals surface area contributed by atoms with Gasteiger partial charge in [0.25, 0.3) is 5.91 Å². The zero-order valence-electron chi connectivity index (χ0n) is 11.6. The summed E-state index contributed by atoms with van der Waals surface area (Å²) in [7, 11) is 3.44. The highest BCUT2D eigenvalue weighted by Gasteiger charge is 2.31. The Morgan fingerprint density at radius 3 is 2.50 bits per heavy atom. The van der Waals surface area contributed by atoms with E-state index in [9.17, 15) is 14.0 Å². The van der Waals surface area contributed by atoms with E-state index in [0.717, 1.165) is 0 Å². The molecule has 1 saturated heterocycles. The van der Waals surface area contributed by atoms with Crippen LogP contribution in [-0.4, -0.2) is 61.4 Å². The van der Waals surface area contributed by atoms with Crippen molar-refractivity contribution >= 4 is 11.8 Å². The highest BCUT2D eigenvalue weighted by molar-refractivity contribution is 5.95. The Balaban J connectivity index is 2.11. The first kappa shape index (κ1) is 14.5. The van der Waals surface area contributed by atoms with Crippen molar-refractivity contribution in [2.75, 3.05) is 33.7 Å². The van der Waals surface area contributed by atoms with Crippen molar-refractivity contribution in [3.05, 3.63) is 35.6 Å². The molecule has 0 aliphatic carbocycles. The highest BCUT2D eigenvalue weighted by Crippen LogP contribution is 2.13. The molecule has 0 saturated carbocycles. The number of nitrogens with one attached hydrogen (secondary N) is 1. The minimum atomic E-state index is -0.372. The van der Waals surface area contributed by atoms with Crippen molar-refractivity contribution < 1.29 is 14.0 Å². The third kappa shape index (κ3) is 2.96. The zero-order chi connectivity index (χ0) is 14.7. The molecule has 20 heavy (non-hydrogen) atoms. The van der Waals surface area contributed by atoms with E-state index in [0.29, 0.717) is 25.2 Å². The van der Waals surface area contributed by atoms with E-state index in [2.05, 4.69) is 5.32 Å². The summed E-state index contributed by atoms with van der Waals surface area (Å²) in [6.45, 7) is 1.53. The van der Waals surface area contributed by atoms with E-state index in [1.807, 2.05) is 11.9 Å². The molecule has 2 amide bonds. The molecule has 0 aromatic heterocycles. The number of benzene rings is 1. The van der Waals surface area contributed by atoms with Crippen LogP contribution in [0.3, 0.4) is 0 Å². The van der Waals surface area contributed by atoms with Crippen LogP contribution in [0.15, 0.2) is 24.3 Å². The number of likely N-dealkylation sites (N-methyl/N-ethyl adjacent to an activating group) is 2. The lowest BCUT2D eigenvalue weighted by molar-refractivity contribution is -0.127. The number of piperazine rings is 1. The first-order valence-electron chi connectivity index (χ1n) is 6.49. The first-order valence-corrected chi connectivity index (χ1v) is 6.49. The first-order chi connectivity index (χ1) is 9.52. The van der Waals surface area contributed by atoms with Gasteiger partial charge in [0, 0.05) is 32.2 Å². The smallest absolute Gasteiger partial charge is 0.253 e. The molecular formula is C14H18FN3O2. The second-order valence-corrected chi connectivity index (χ2v) is 4.87. The summed E-state index contributed by atoms with van der Waals surface area (Å²) in [5, 5.41) is 2.60. The molecular weight excluding hydrogens is 261 g/mol. The average molecular weight is 279 g/mol. The summed E-state index contributed by atoms with van der Waals surface area (Å²) >= 11 is 0. The summed E-state index contributed by atoms with van der Waals surface area (Å²) in [6, 6.07) is 5.10. The zero-order valence-corrected chi connectivity index (χ0v) is 11.6.